The van der Waals surface area contributed by atoms with E-state index in [0.717, 1.165) is 0 Å². The summed E-state index contributed by atoms with van der Waals surface area (Å²) in [5.74, 6) is -10.2. The van der Waals surface area contributed by atoms with Gasteiger partial charge in [0.25, 0.3) is 0 Å². The van der Waals surface area contributed by atoms with E-state index in [1.54, 1.807) is 0 Å². The van der Waals surface area contributed by atoms with Crippen LogP contribution in [0.2, 0.25) is 5.28 Å². The third kappa shape index (κ3) is 1.87. The maximum atomic E-state index is 13.3. The lowest BCUT2D eigenvalue weighted by Crippen LogP contribution is -2.03. The molecule has 1 aromatic heterocycles. The van der Waals surface area contributed by atoms with Crippen LogP contribution in [0.5, 0.6) is 0 Å². The second-order valence-corrected chi connectivity index (χ2v) is 3.90. The summed E-state index contributed by atoms with van der Waals surface area (Å²) in [5.41, 5.74) is -1.13. The van der Waals surface area contributed by atoms with Crippen LogP contribution in [-0.4, -0.2) is 9.36 Å². The maximum absolute atomic E-state index is 13.3. The molecule has 1 aromatic carbocycles. The lowest BCUT2D eigenvalue weighted by molar-refractivity contribution is 0.381. The number of halogens is 6. The number of hydrogen-bond acceptors (Lipinski definition) is 3. The molecule has 2 nitrogen and oxygen atoms in total. The van der Waals surface area contributed by atoms with Crippen molar-refractivity contribution in [3.63, 3.8) is 0 Å². The Morgan fingerprint density at radius 2 is 1.29 bits per heavy atom. The second-order valence-electron chi connectivity index (χ2n) is 2.81. The molecule has 2 aromatic rings. The molecule has 0 fully saturated rings. The maximum Gasteiger partial charge on any atom is 0.234 e. The SMILES string of the molecule is Fc1c(F)c(F)c(-c2nc(Cl)ns2)c(F)c1F. The van der Waals surface area contributed by atoms with Crippen molar-refractivity contribution in [1.82, 2.24) is 9.36 Å². The molecule has 0 radical (unpaired) electrons. The largest absolute Gasteiger partial charge is 0.234 e. The van der Waals surface area contributed by atoms with Gasteiger partial charge in [-0.15, -0.1) is 0 Å². The van der Waals surface area contributed by atoms with Gasteiger partial charge in [-0.25, -0.2) is 26.9 Å². The predicted molar refractivity (Wildman–Crippen MR) is 50.1 cm³/mol. The molecule has 2 rings (SSSR count). The summed E-state index contributed by atoms with van der Waals surface area (Å²) in [5, 5.41) is -0.822. The Morgan fingerprint density at radius 1 is 0.824 bits per heavy atom. The first-order valence-electron chi connectivity index (χ1n) is 3.94. The van der Waals surface area contributed by atoms with Crippen molar-refractivity contribution in [2.75, 3.05) is 0 Å². The molecule has 0 atom stereocenters. The van der Waals surface area contributed by atoms with Gasteiger partial charge in [-0.3, -0.25) is 0 Å². The van der Waals surface area contributed by atoms with E-state index in [9.17, 15) is 22.0 Å². The minimum absolute atomic E-state index is 0.339. The van der Waals surface area contributed by atoms with Gasteiger partial charge in [0.05, 0.1) is 5.56 Å². The van der Waals surface area contributed by atoms with Crippen LogP contribution >= 0.6 is 23.1 Å². The molecule has 0 saturated heterocycles. The van der Waals surface area contributed by atoms with Gasteiger partial charge < -0.3 is 0 Å². The van der Waals surface area contributed by atoms with Gasteiger partial charge in [0.2, 0.25) is 11.1 Å². The number of rotatable bonds is 1. The van der Waals surface area contributed by atoms with Crippen LogP contribution in [0.4, 0.5) is 22.0 Å². The lowest BCUT2D eigenvalue weighted by Gasteiger charge is -2.04. The van der Waals surface area contributed by atoms with Crippen LogP contribution in [-0.2, 0) is 0 Å². The van der Waals surface area contributed by atoms with Crippen LogP contribution in [0, 0.1) is 29.1 Å². The first-order chi connectivity index (χ1) is 7.93. The molecule has 1 heterocycles. The Labute approximate surface area is 99.8 Å². The Balaban J connectivity index is 2.78. The van der Waals surface area contributed by atoms with Crippen molar-refractivity contribution >= 4 is 23.1 Å². The highest BCUT2D eigenvalue weighted by atomic mass is 35.5. The molecule has 0 aliphatic rings. The summed E-state index contributed by atoms with van der Waals surface area (Å²) >= 11 is 5.73. The minimum atomic E-state index is -2.22. The summed E-state index contributed by atoms with van der Waals surface area (Å²) in [6.07, 6.45) is 0. The molecule has 17 heavy (non-hydrogen) atoms. The van der Waals surface area contributed by atoms with Gasteiger partial charge >= 0.3 is 0 Å². The van der Waals surface area contributed by atoms with Gasteiger partial charge in [-0.05, 0) is 23.1 Å². The van der Waals surface area contributed by atoms with Crippen LogP contribution in [0.25, 0.3) is 10.6 Å². The first-order valence-corrected chi connectivity index (χ1v) is 5.09. The highest BCUT2D eigenvalue weighted by Gasteiger charge is 2.28. The van der Waals surface area contributed by atoms with E-state index >= 15 is 0 Å². The van der Waals surface area contributed by atoms with Crippen LogP contribution < -0.4 is 0 Å². The topological polar surface area (TPSA) is 25.8 Å². The molecule has 0 saturated carbocycles. The molecule has 0 aliphatic heterocycles. The number of hydrogen-bond donors (Lipinski definition) is 0. The summed E-state index contributed by atoms with van der Waals surface area (Å²) in [6.45, 7) is 0. The lowest BCUT2D eigenvalue weighted by atomic mass is 10.2. The Morgan fingerprint density at radius 3 is 1.71 bits per heavy atom. The fourth-order valence-electron chi connectivity index (χ4n) is 1.10. The molecule has 0 unspecified atom stereocenters. The van der Waals surface area contributed by atoms with Gasteiger partial charge in [-0.2, -0.15) is 4.37 Å². The van der Waals surface area contributed by atoms with E-state index in [1.807, 2.05) is 0 Å². The molecular formula is C8ClF5N2S. The standard InChI is InChI=1S/C8ClF5N2S/c9-8-15-7(17-16-8)1-2(10)4(12)6(14)5(13)3(1)11. The zero-order valence-corrected chi connectivity index (χ0v) is 9.14. The molecule has 0 amide bonds. The normalized spacial score (nSPS) is 10.9. The fraction of sp³-hybridized carbons (Fsp3) is 0. The average Bonchev–Trinajstić information content (AvgIpc) is 2.71. The van der Waals surface area contributed by atoms with E-state index in [2.05, 4.69) is 9.36 Å². The molecule has 9 heteroatoms. The summed E-state index contributed by atoms with van der Waals surface area (Å²) in [7, 11) is 0. The Hall–Kier alpha value is -1.28. The monoisotopic (exact) mass is 286 g/mol. The molecule has 0 spiro atoms. The summed E-state index contributed by atoms with van der Waals surface area (Å²) in [6, 6.07) is 0. The smallest absolute Gasteiger partial charge is 0.204 e. The van der Waals surface area contributed by atoms with Crippen molar-refractivity contribution in [3.05, 3.63) is 34.4 Å². The second kappa shape index (κ2) is 4.19. The minimum Gasteiger partial charge on any atom is -0.204 e. The predicted octanol–water partition coefficient (Wildman–Crippen LogP) is 3.55. The van der Waals surface area contributed by atoms with Crippen LogP contribution in [0.15, 0.2) is 0 Å². The van der Waals surface area contributed by atoms with Crippen molar-refractivity contribution < 1.29 is 22.0 Å². The molecule has 0 N–H and O–H groups in total. The highest BCUT2D eigenvalue weighted by Crippen LogP contribution is 2.32. The van der Waals surface area contributed by atoms with Gasteiger partial charge in [0, 0.05) is 0 Å². The molecule has 0 aliphatic carbocycles. The molecule has 90 valence electrons. The molecular weight excluding hydrogens is 287 g/mol. The Kier molecular flexibility index (Phi) is 3.00. The third-order valence-electron chi connectivity index (χ3n) is 1.82. The fourth-order valence-corrected chi connectivity index (χ4v) is 1.94. The van der Waals surface area contributed by atoms with E-state index in [4.69, 9.17) is 11.6 Å². The van der Waals surface area contributed by atoms with E-state index in [0.29, 0.717) is 11.5 Å². The van der Waals surface area contributed by atoms with Crippen molar-refractivity contribution in [2.45, 2.75) is 0 Å². The highest BCUT2D eigenvalue weighted by molar-refractivity contribution is 7.09. The quantitative estimate of drug-likeness (QED) is 0.455. The summed E-state index contributed by atoms with van der Waals surface area (Å²) < 4.78 is 68.4. The van der Waals surface area contributed by atoms with Gasteiger partial charge in [-0.1, -0.05) is 0 Å². The van der Waals surface area contributed by atoms with Crippen molar-refractivity contribution in [1.29, 1.82) is 0 Å². The van der Waals surface area contributed by atoms with E-state index < -0.39 is 39.7 Å². The van der Waals surface area contributed by atoms with Crippen molar-refractivity contribution in [3.8, 4) is 10.6 Å². The van der Waals surface area contributed by atoms with Gasteiger partial charge in [0.1, 0.15) is 0 Å². The summed E-state index contributed by atoms with van der Waals surface area (Å²) in [4.78, 5) is 3.35. The van der Waals surface area contributed by atoms with Crippen LogP contribution in [0.3, 0.4) is 0 Å². The number of benzene rings is 1. The molecule has 0 bridgehead atoms. The van der Waals surface area contributed by atoms with Gasteiger partial charge in [0.15, 0.2) is 28.3 Å². The van der Waals surface area contributed by atoms with E-state index in [-0.39, 0.29) is 5.28 Å². The van der Waals surface area contributed by atoms with E-state index in [1.165, 1.54) is 0 Å². The third-order valence-corrected chi connectivity index (χ3v) is 2.83. The number of aromatic nitrogens is 2. The van der Waals surface area contributed by atoms with Crippen molar-refractivity contribution in [2.24, 2.45) is 0 Å². The number of nitrogens with zero attached hydrogens (tertiary/aromatic N) is 2. The Bertz CT molecular complexity index is 571. The average molecular weight is 287 g/mol. The zero-order chi connectivity index (χ0) is 12.7. The first kappa shape index (κ1) is 12.2. The zero-order valence-electron chi connectivity index (χ0n) is 7.57. The van der Waals surface area contributed by atoms with Crippen LogP contribution in [0.1, 0.15) is 0 Å².